The number of H-pyrrole nitrogens is 1. The van der Waals surface area contributed by atoms with Crippen LogP contribution in [0.25, 0.3) is 11.3 Å². The third-order valence-electron chi connectivity index (χ3n) is 3.70. The van der Waals surface area contributed by atoms with Crippen LogP contribution < -0.4 is 5.32 Å². The molecule has 3 rings (SSSR count). The summed E-state index contributed by atoms with van der Waals surface area (Å²) in [7, 11) is 0. The van der Waals surface area contributed by atoms with E-state index in [1.807, 2.05) is 24.3 Å². The standard InChI is InChI=1S/C15H18ClN3/c1-10-14(11-4-6-13(16)7-5-11)19-15(18-10)12-3-2-8-17-9-12/h4-7,12,17H,2-3,8-9H2,1H3,(H,18,19). The van der Waals surface area contributed by atoms with Gasteiger partial charge in [-0.3, -0.25) is 0 Å². The highest BCUT2D eigenvalue weighted by atomic mass is 35.5. The Bertz CT molecular complexity index is 553. The van der Waals surface area contributed by atoms with E-state index >= 15 is 0 Å². The molecule has 1 fully saturated rings. The first-order chi connectivity index (χ1) is 9.24. The normalized spacial score (nSPS) is 19.6. The van der Waals surface area contributed by atoms with E-state index in [-0.39, 0.29) is 0 Å². The Labute approximate surface area is 118 Å². The minimum atomic E-state index is 0.508. The van der Waals surface area contributed by atoms with Crippen LogP contribution in [0.2, 0.25) is 5.02 Å². The summed E-state index contributed by atoms with van der Waals surface area (Å²) < 4.78 is 0. The third-order valence-corrected chi connectivity index (χ3v) is 3.96. The largest absolute Gasteiger partial charge is 0.345 e. The number of piperidine rings is 1. The maximum atomic E-state index is 5.93. The molecule has 3 nitrogen and oxygen atoms in total. The maximum absolute atomic E-state index is 5.93. The molecule has 1 aliphatic rings. The van der Waals surface area contributed by atoms with Crippen molar-refractivity contribution in [3.8, 4) is 11.3 Å². The summed E-state index contributed by atoms with van der Waals surface area (Å²) in [6.45, 7) is 4.23. The molecular weight excluding hydrogens is 258 g/mol. The van der Waals surface area contributed by atoms with Crippen molar-refractivity contribution < 1.29 is 0 Å². The van der Waals surface area contributed by atoms with E-state index in [0.29, 0.717) is 5.92 Å². The lowest BCUT2D eigenvalue weighted by Crippen LogP contribution is -2.28. The van der Waals surface area contributed by atoms with E-state index in [4.69, 9.17) is 16.6 Å². The van der Waals surface area contributed by atoms with E-state index in [1.165, 1.54) is 12.8 Å². The number of hydrogen-bond acceptors (Lipinski definition) is 2. The van der Waals surface area contributed by atoms with Crippen molar-refractivity contribution in [3.05, 3.63) is 40.8 Å². The first kappa shape index (κ1) is 12.7. The molecule has 0 bridgehead atoms. The number of aryl methyl sites for hydroxylation is 1. The van der Waals surface area contributed by atoms with Crippen LogP contribution in [0.5, 0.6) is 0 Å². The van der Waals surface area contributed by atoms with E-state index in [0.717, 1.165) is 40.9 Å². The number of halogens is 1. The number of aromatic amines is 1. The first-order valence-corrected chi connectivity index (χ1v) is 7.15. The molecule has 0 amide bonds. The van der Waals surface area contributed by atoms with Crippen molar-refractivity contribution in [2.45, 2.75) is 25.7 Å². The number of hydrogen-bond donors (Lipinski definition) is 2. The zero-order valence-corrected chi connectivity index (χ0v) is 11.8. The van der Waals surface area contributed by atoms with Gasteiger partial charge in [0, 0.05) is 28.7 Å². The topological polar surface area (TPSA) is 40.7 Å². The number of rotatable bonds is 2. The summed E-state index contributed by atoms with van der Waals surface area (Å²) in [6.07, 6.45) is 2.43. The van der Waals surface area contributed by atoms with E-state index in [2.05, 4.69) is 17.2 Å². The molecule has 100 valence electrons. The van der Waals surface area contributed by atoms with Crippen LogP contribution in [-0.2, 0) is 0 Å². The van der Waals surface area contributed by atoms with Crippen molar-refractivity contribution in [2.75, 3.05) is 13.1 Å². The number of imidazole rings is 1. The summed E-state index contributed by atoms with van der Waals surface area (Å²) in [6, 6.07) is 7.86. The molecule has 1 aliphatic heterocycles. The van der Waals surface area contributed by atoms with Gasteiger partial charge in [0.1, 0.15) is 5.82 Å². The Balaban J connectivity index is 1.90. The fourth-order valence-corrected chi connectivity index (χ4v) is 2.78. The Morgan fingerprint density at radius 2 is 2.05 bits per heavy atom. The molecule has 1 unspecified atom stereocenters. The SMILES string of the molecule is Cc1[nH]c(C2CCCNC2)nc1-c1ccc(Cl)cc1. The van der Waals surface area contributed by atoms with Gasteiger partial charge < -0.3 is 10.3 Å². The fourth-order valence-electron chi connectivity index (χ4n) is 2.65. The smallest absolute Gasteiger partial charge is 0.111 e. The molecule has 2 aromatic rings. The maximum Gasteiger partial charge on any atom is 0.111 e. The average molecular weight is 276 g/mol. The second kappa shape index (κ2) is 5.35. The summed E-state index contributed by atoms with van der Waals surface area (Å²) >= 11 is 5.93. The highest BCUT2D eigenvalue weighted by Gasteiger charge is 2.19. The van der Waals surface area contributed by atoms with Gasteiger partial charge >= 0.3 is 0 Å². The average Bonchev–Trinajstić information content (AvgIpc) is 2.83. The van der Waals surface area contributed by atoms with Crippen molar-refractivity contribution >= 4 is 11.6 Å². The number of benzene rings is 1. The van der Waals surface area contributed by atoms with Crippen LogP contribution >= 0.6 is 11.6 Å². The monoisotopic (exact) mass is 275 g/mol. The Kier molecular flexibility index (Phi) is 3.58. The summed E-state index contributed by atoms with van der Waals surface area (Å²) in [5.41, 5.74) is 3.29. The number of nitrogens with zero attached hydrogens (tertiary/aromatic N) is 1. The molecule has 0 aliphatic carbocycles. The number of nitrogens with one attached hydrogen (secondary N) is 2. The van der Waals surface area contributed by atoms with Crippen molar-refractivity contribution in [2.24, 2.45) is 0 Å². The second-order valence-corrected chi connectivity index (χ2v) is 5.58. The molecule has 19 heavy (non-hydrogen) atoms. The predicted molar refractivity (Wildman–Crippen MR) is 78.6 cm³/mol. The van der Waals surface area contributed by atoms with Crippen LogP contribution in [0.1, 0.15) is 30.3 Å². The van der Waals surface area contributed by atoms with E-state index in [1.54, 1.807) is 0 Å². The zero-order chi connectivity index (χ0) is 13.2. The van der Waals surface area contributed by atoms with Gasteiger partial charge in [0.25, 0.3) is 0 Å². The summed E-state index contributed by atoms with van der Waals surface area (Å²) in [4.78, 5) is 8.24. The molecule has 4 heteroatoms. The lowest BCUT2D eigenvalue weighted by molar-refractivity contribution is 0.448. The van der Waals surface area contributed by atoms with Gasteiger partial charge in [-0.2, -0.15) is 0 Å². The van der Waals surface area contributed by atoms with Gasteiger partial charge in [-0.1, -0.05) is 23.7 Å². The summed E-state index contributed by atoms with van der Waals surface area (Å²) in [5, 5.41) is 4.19. The first-order valence-electron chi connectivity index (χ1n) is 6.77. The van der Waals surface area contributed by atoms with Gasteiger partial charge in [0.15, 0.2) is 0 Å². The summed E-state index contributed by atoms with van der Waals surface area (Å²) in [5.74, 6) is 1.61. The number of aromatic nitrogens is 2. The zero-order valence-electron chi connectivity index (χ0n) is 11.0. The van der Waals surface area contributed by atoms with Crippen LogP contribution in [-0.4, -0.2) is 23.1 Å². The van der Waals surface area contributed by atoms with E-state index in [9.17, 15) is 0 Å². The van der Waals surface area contributed by atoms with Crippen molar-refractivity contribution in [3.63, 3.8) is 0 Å². The molecule has 2 heterocycles. The molecule has 1 aromatic carbocycles. The van der Waals surface area contributed by atoms with Gasteiger partial charge in [0.05, 0.1) is 5.69 Å². The van der Waals surface area contributed by atoms with Gasteiger partial charge in [-0.15, -0.1) is 0 Å². The molecular formula is C15H18ClN3. The lowest BCUT2D eigenvalue weighted by atomic mass is 9.99. The van der Waals surface area contributed by atoms with Gasteiger partial charge in [-0.25, -0.2) is 4.98 Å². The molecule has 1 aromatic heterocycles. The van der Waals surface area contributed by atoms with Crippen LogP contribution in [0.15, 0.2) is 24.3 Å². The van der Waals surface area contributed by atoms with Crippen molar-refractivity contribution in [1.29, 1.82) is 0 Å². The fraction of sp³-hybridized carbons (Fsp3) is 0.400. The second-order valence-electron chi connectivity index (χ2n) is 5.15. The minimum Gasteiger partial charge on any atom is -0.345 e. The predicted octanol–water partition coefficient (Wildman–Crippen LogP) is 3.51. The van der Waals surface area contributed by atoms with Crippen LogP contribution in [0.3, 0.4) is 0 Å². The molecule has 2 N–H and O–H groups in total. The third kappa shape index (κ3) is 2.67. The minimum absolute atomic E-state index is 0.508. The van der Waals surface area contributed by atoms with Gasteiger partial charge in [0.2, 0.25) is 0 Å². The van der Waals surface area contributed by atoms with Crippen LogP contribution in [0, 0.1) is 6.92 Å². The van der Waals surface area contributed by atoms with Gasteiger partial charge in [-0.05, 0) is 38.4 Å². The molecule has 0 spiro atoms. The van der Waals surface area contributed by atoms with E-state index < -0.39 is 0 Å². The lowest BCUT2D eigenvalue weighted by Gasteiger charge is -2.20. The highest BCUT2D eigenvalue weighted by molar-refractivity contribution is 6.30. The molecule has 1 saturated heterocycles. The quantitative estimate of drug-likeness (QED) is 0.881. The Morgan fingerprint density at radius 3 is 2.74 bits per heavy atom. The Hall–Kier alpha value is -1.32. The van der Waals surface area contributed by atoms with Crippen molar-refractivity contribution in [1.82, 2.24) is 15.3 Å². The molecule has 1 atom stereocenters. The highest BCUT2D eigenvalue weighted by Crippen LogP contribution is 2.27. The molecule has 0 radical (unpaired) electrons. The van der Waals surface area contributed by atoms with Crippen LogP contribution in [0.4, 0.5) is 0 Å². The molecule has 0 saturated carbocycles. The Morgan fingerprint density at radius 1 is 1.26 bits per heavy atom.